The lowest BCUT2D eigenvalue weighted by Crippen LogP contribution is -2.07. The van der Waals surface area contributed by atoms with Crippen molar-refractivity contribution in [1.29, 1.82) is 0 Å². The highest BCUT2D eigenvalue weighted by Crippen LogP contribution is 2.18. The molecule has 0 radical (unpaired) electrons. The van der Waals surface area contributed by atoms with Crippen LogP contribution in [0.25, 0.3) is 11.4 Å². The third-order valence-electron chi connectivity index (χ3n) is 2.66. The van der Waals surface area contributed by atoms with E-state index in [1.54, 1.807) is 32.6 Å². The molecule has 0 unspecified atom stereocenters. The summed E-state index contributed by atoms with van der Waals surface area (Å²) < 4.78 is 4.65. The first kappa shape index (κ1) is 12.9. The molecule has 0 aromatic carbocycles. The zero-order valence-electron chi connectivity index (χ0n) is 11.0. The number of pyridine rings is 1. The van der Waals surface area contributed by atoms with Gasteiger partial charge < -0.3 is 10.1 Å². The molecule has 2 aromatic rings. The highest BCUT2D eigenvalue weighted by molar-refractivity contribution is 5.89. The van der Waals surface area contributed by atoms with Crippen LogP contribution in [0.2, 0.25) is 0 Å². The minimum Gasteiger partial charge on any atom is -0.464 e. The molecular weight excluding hydrogens is 244 g/mol. The van der Waals surface area contributed by atoms with Crippen molar-refractivity contribution < 1.29 is 9.53 Å². The van der Waals surface area contributed by atoms with Gasteiger partial charge in [0.25, 0.3) is 0 Å². The van der Waals surface area contributed by atoms with E-state index in [0.717, 1.165) is 16.8 Å². The molecule has 6 heteroatoms. The minimum absolute atomic E-state index is 0.304. The molecular formula is C13H14N4O2. The Hall–Kier alpha value is -2.50. The fourth-order valence-electron chi connectivity index (χ4n) is 1.61. The van der Waals surface area contributed by atoms with Crippen LogP contribution in [0.5, 0.6) is 0 Å². The molecule has 0 amide bonds. The summed E-state index contributed by atoms with van der Waals surface area (Å²) in [5, 5.41) is 2.95. The van der Waals surface area contributed by atoms with Crippen molar-refractivity contribution in [2.24, 2.45) is 0 Å². The number of hydrogen-bond donors (Lipinski definition) is 1. The number of aryl methyl sites for hydroxylation is 1. The van der Waals surface area contributed by atoms with Gasteiger partial charge in [-0.1, -0.05) is 0 Å². The lowest BCUT2D eigenvalue weighted by molar-refractivity contribution is 0.0593. The molecule has 0 bridgehead atoms. The van der Waals surface area contributed by atoms with Gasteiger partial charge in [0.15, 0.2) is 11.5 Å². The fourth-order valence-corrected chi connectivity index (χ4v) is 1.61. The Kier molecular flexibility index (Phi) is 3.70. The Morgan fingerprint density at radius 3 is 2.42 bits per heavy atom. The summed E-state index contributed by atoms with van der Waals surface area (Å²) >= 11 is 0. The Labute approximate surface area is 110 Å². The molecule has 1 N–H and O–H groups in total. The van der Waals surface area contributed by atoms with Crippen LogP contribution in [0.3, 0.4) is 0 Å². The van der Waals surface area contributed by atoms with Crippen LogP contribution >= 0.6 is 0 Å². The van der Waals surface area contributed by atoms with Crippen LogP contribution in [0.1, 0.15) is 16.1 Å². The number of ether oxygens (including phenoxy) is 1. The summed E-state index contributed by atoms with van der Waals surface area (Å²) in [6, 6.07) is 1.81. The number of rotatable bonds is 3. The van der Waals surface area contributed by atoms with Crippen molar-refractivity contribution in [1.82, 2.24) is 15.0 Å². The van der Waals surface area contributed by atoms with Gasteiger partial charge in [-0.25, -0.2) is 19.7 Å². The highest BCUT2D eigenvalue weighted by atomic mass is 16.5. The molecule has 2 rings (SSSR count). The molecule has 0 saturated heterocycles. The van der Waals surface area contributed by atoms with Gasteiger partial charge >= 0.3 is 5.97 Å². The lowest BCUT2D eigenvalue weighted by atomic mass is 10.1. The molecule has 0 aliphatic heterocycles. The van der Waals surface area contributed by atoms with Crippen molar-refractivity contribution in [2.75, 3.05) is 19.5 Å². The SMILES string of the molecule is CNc1cnc(-c2cnc(C(=O)OC)c(C)c2)nc1. The van der Waals surface area contributed by atoms with Crippen molar-refractivity contribution in [3.05, 3.63) is 35.9 Å². The third kappa shape index (κ3) is 2.67. The van der Waals surface area contributed by atoms with Crippen LogP contribution < -0.4 is 5.32 Å². The number of esters is 1. The van der Waals surface area contributed by atoms with E-state index in [1.807, 2.05) is 6.07 Å². The largest absolute Gasteiger partial charge is 0.464 e. The van der Waals surface area contributed by atoms with E-state index in [2.05, 4.69) is 25.0 Å². The van der Waals surface area contributed by atoms with Crippen molar-refractivity contribution >= 4 is 11.7 Å². The van der Waals surface area contributed by atoms with Gasteiger partial charge in [0.05, 0.1) is 25.2 Å². The number of aromatic nitrogens is 3. The number of nitrogens with one attached hydrogen (secondary N) is 1. The van der Waals surface area contributed by atoms with Gasteiger partial charge in [-0.15, -0.1) is 0 Å². The molecule has 2 heterocycles. The van der Waals surface area contributed by atoms with E-state index < -0.39 is 5.97 Å². The average molecular weight is 258 g/mol. The summed E-state index contributed by atoms with van der Waals surface area (Å²) in [5.74, 6) is 0.113. The second kappa shape index (κ2) is 5.43. The second-order valence-electron chi connectivity index (χ2n) is 3.93. The monoisotopic (exact) mass is 258 g/mol. The predicted octanol–water partition coefficient (Wildman–Crippen LogP) is 1.68. The van der Waals surface area contributed by atoms with E-state index in [-0.39, 0.29) is 0 Å². The van der Waals surface area contributed by atoms with Gasteiger partial charge in [0, 0.05) is 18.8 Å². The fraction of sp³-hybridized carbons (Fsp3) is 0.231. The first-order valence-electron chi connectivity index (χ1n) is 5.71. The zero-order chi connectivity index (χ0) is 13.8. The Balaban J connectivity index is 2.35. The summed E-state index contributed by atoms with van der Waals surface area (Å²) in [4.78, 5) is 24.0. The molecule has 19 heavy (non-hydrogen) atoms. The molecule has 0 spiro atoms. The Bertz CT molecular complexity index is 596. The average Bonchev–Trinajstić information content (AvgIpc) is 2.46. The van der Waals surface area contributed by atoms with Crippen LogP contribution in [-0.4, -0.2) is 35.1 Å². The number of nitrogens with zero attached hydrogens (tertiary/aromatic N) is 3. The highest BCUT2D eigenvalue weighted by Gasteiger charge is 2.12. The minimum atomic E-state index is -0.449. The van der Waals surface area contributed by atoms with Crippen molar-refractivity contribution in [2.45, 2.75) is 6.92 Å². The van der Waals surface area contributed by atoms with Gasteiger partial charge in [0.1, 0.15) is 0 Å². The maximum absolute atomic E-state index is 11.4. The van der Waals surface area contributed by atoms with Crippen LogP contribution in [-0.2, 0) is 4.74 Å². The maximum Gasteiger partial charge on any atom is 0.356 e. The number of carbonyl (C=O) groups is 1. The third-order valence-corrected chi connectivity index (χ3v) is 2.66. The van der Waals surface area contributed by atoms with Crippen LogP contribution in [0.4, 0.5) is 5.69 Å². The molecule has 0 fully saturated rings. The summed E-state index contributed by atoms with van der Waals surface area (Å²) in [7, 11) is 3.13. The van der Waals surface area contributed by atoms with E-state index in [4.69, 9.17) is 0 Å². The molecule has 98 valence electrons. The summed E-state index contributed by atoms with van der Waals surface area (Å²) in [6.07, 6.45) is 4.94. The normalized spacial score (nSPS) is 10.1. The zero-order valence-corrected chi connectivity index (χ0v) is 11.0. The molecule has 6 nitrogen and oxygen atoms in total. The molecule has 0 aliphatic rings. The summed E-state index contributed by atoms with van der Waals surface area (Å²) in [5.41, 5.74) is 2.62. The van der Waals surface area contributed by atoms with E-state index in [1.165, 1.54) is 7.11 Å². The Morgan fingerprint density at radius 2 is 1.89 bits per heavy atom. The second-order valence-corrected chi connectivity index (χ2v) is 3.93. The first-order valence-corrected chi connectivity index (χ1v) is 5.71. The van der Waals surface area contributed by atoms with Crippen LogP contribution in [0, 0.1) is 6.92 Å². The van der Waals surface area contributed by atoms with Crippen LogP contribution in [0.15, 0.2) is 24.7 Å². The van der Waals surface area contributed by atoms with E-state index >= 15 is 0 Å². The Morgan fingerprint density at radius 1 is 1.21 bits per heavy atom. The molecule has 2 aromatic heterocycles. The topological polar surface area (TPSA) is 77.0 Å². The summed E-state index contributed by atoms with van der Waals surface area (Å²) in [6.45, 7) is 1.80. The quantitative estimate of drug-likeness (QED) is 0.844. The van der Waals surface area contributed by atoms with Gasteiger partial charge in [-0.05, 0) is 18.6 Å². The number of methoxy groups -OCH3 is 1. The molecule has 0 aliphatic carbocycles. The number of hydrogen-bond acceptors (Lipinski definition) is 6. The predicted molar refractivity (Wildman–Crippen MR) is 70.9 cm³/mol. The van der Waals surface area contributed by atoms with E-state index in [9.17, 15) is 4.79 Å². The van der Waals surface area contributed by atoms with E-state index in [0.29, 0.717) is 11.5 Å². The smallest absolute Gasteiger partial charge is 0.356 e. The number of anilines is 1. The molecule has 0 atom stereocenters. The van der Waals surface area contributed by atoms with Gasteiger partial charge in [-0.3, -0.25) is 0 Å². The lowest BCUT2D eigenvalue weighted by Gasteiger charge is -2.06. The van der Waals surface area contributed by atoms with Gasteiger partial charge in [-0.2, -0.15) is 0 Å². The standard InChI is InChI=1S/C13H14N4O2/c1-8-4-9(5-15-11(8)13(18)19-3)12-16-6-10(14-2)7-17-12/h4-7,14H,1-3H3. The van der Waals surface area contributed by atoms with Crippen molar-refractivity contribution in [3.8, 4) is 11.4 Å². The van der Waals surface area contributed by atoms with Crippen molar-refractivity contribution in [3.63, 3.8) is 0 Å². The number of carbonyl (C=O) groups excluding carboxylic acids is 1. The maximum atomic E-state index is 11.4. The first-order chi connectivity index (χ1) is 9.15. The molecule has 0 saturated carbocycles. The van der Waals surface area contributed by atoms with Gasteiger partial charge in [0.2, 0.25) is 0 Å².